The molecule has 3 aromatic rings. The molecule has 0 heterocycles. The molecule has 0 aliphatic carbocycles. The van der Waals surface area contributed by atoms with Crippen LogP contribution < -0.4 is 14.4 Å². The van der Waals surface area contributed by atoms with E-state index in [2.05, 4.69) is 5.32 Å². The van der Waals surface area contributed by atoms with Crippen LogP contribution in [0.1, 0.15) is 38.3 Å². The summed E-state index contributed by atoms with van der Waals surface area (Å²) in [5.41, 5.74) is 1.79. The van der Waals surface area contributed by atoms with Crippen molar-refractivity contribution in [2.24, 2.45) is 0 Å². The van der Waals surface area contributed by atoms with Crippen LogP contribution >= 0.6 is 23.2 Å². The number of amides is 2. The molecule has 41 heavy (non-hydrogen) atoms. The van der Waals surface area contributed by atoms with E-state index >= 15 is 0 Å². The van der Waals surface area contributed by atoms with Crippen LogP contribution in [0.15, 0.2) is 71.6 Å². The molecular formula is C30H35Cl2N3O5S. The van der Waals surface area contributed by atoms with Gasteiger partial charge in [0, 0.05) is 12.6 Å². The van der Waals surface area contributed by atoms with Gasteiger partial charge in [-0.15, -0.1) is 0 Å². The van der Waals surface area contributed by atoms with E-state index in [1.165, 1.54) is 35.2 Å². The summed E-state index contributed by atoms with van der Waals surface area (Å²) < 4.78 is 34.1. The number of benzene rings is 3. The second-order valence-corrected chi connectivity index (χ2v) is 12.6. The van der Waals surface area contributed by atoms with Gasteiger partial charge in [-0.05, 0) is 75.2 Å². The van der Waals surface area contributed by atoms with E-state index in [0.717, 1.165) is 15.4 Å². The molecule has 8 nitrogen and oxygen atoms in total. The topological polar surface area (TPSA) is 96.0 Å². The number of nitrogens with one attached hydrogen (secondary N) is 1. The average molecular weight is 621 g/mol. The van der Waals surface area contributed by atoms with E-state index in [-0.39, 0.29) is 39.1 Å². The molecule has 0 saturated heterocycles. The van der Waals surface area contributed by atoms with Gasteiger partial charge >= 0.3 is 0 Å². The Hall–Kier alpha value is -3.27. The molecule has 0 radical (unpaired) electrons. The molecule has 0 unspecified atom stereocenters. The summed E-state index contributed by atoms with van der Waals surface area (Å²) >= 11 is 12.4. The van der Waals surface area contributed by atoms with Crippen molar-refractivity contribution in [3.05, 3.63) is 87.9 Å². The van der Waals surface area contributed by atoms with E-state index in [4.69, 9.17) is 27.9 Å². The summed E-state index contributed by atoms with van der Waals surface area (Å²) in [4.78, 5) is 28.7. The van der Waals surface area contributed by atoms with Crippen molar-refractivity contribution in [2.75, 3.05) is 18.0 Å². The van der Waals surface area contributed by atoms with Crippen molar-refractivity contribution in [1.82, 2.24) is 10.2 Å². The maximum absolute atomic E-state index is 14.1. The Morgan fingerprint density at radius 1 is 0.951 bits per heavy atom. The first-order valence-electron chi connectivity index (χ1n) is 13.1. The molecule has 0 bridgehead atoms. The van der Waals surface area contributed by atoms with Gasteiger partial charge < -0.3 is 15.0 Å². The highest BCUT2D eigenvalue weighted by Gasteiger charge is 2.34. The molecule has 220 valence electrons. The van der Waals surface area contributed by atoms with E-state index in [1.54, 1.807) is 50.4 Å². The normalized spacial score (nSPS) is 12.1. The van der Waals surface area contributed by atoms with Gasteiger partial charge in [0.2, 0.25) is 11.8 Å². The number of aryl methyl sites for hydroxylation is 1. The first kappa shape index (κ1) is 32.2. The molecule has 2 amide bonds. The molecule has 0 spiro atoms. The Balaban J connectivity index is 2.08. The molecule has 0 aliphatic rings. The van der Waals surface area contributed by atoms with Crippen molar-refractivity contribution in [2.45, 2.75) is 57.6 Å². The highest BCUT2D eigenvalue weighted by Crippen LogP contribution is 2.31. The number of sulfonamides is 1. The van der Waals surface area contributed by atoms with Crippen molar-refractivity contribution < 1.29 is 22.7 Å². The Labute approximate surface area is 252 Å². The number of rotatable bonds is 12. The van der Waals surface area contributed by atoms with E-state index in [0.29, 0.717) is 12.2 Å². The first-order valence-corrected chi connectivity index (χ1v) is 15.3. The van der Waals surface area contributed by atoms with Crippen LogP contribution in [-0.2, 0) is 26.2 Å². The fourth-order valence-electron chi connectivity index (χ4n) is 4.23. The molecule has 0 aliphatic heterocycles. The second kappa shape index (κ2) is 14.1. The minimum Gasteiger partial charge on any atom is -0.497 e. The zero-order chi connectivity index (χ0) is 30.3. The smallest absolute Gasteiger partial charge is 0.264 e. The molecule has 0 aromatic heterocycles. The second-order valence-electron chi connectivity index (χ2n) is 9.88. The third-order valence-corrected chi connectivity index (χ3v) is 8.93. The Kier molecular flexibility index (Phi) is 11.1. The van der Waals surface area contributed by atoms with Crippen LogP contribution in [0.25, 0.3) is 0 Å². The molecule has 11 heteroatoms. The lowest BCUT2D eigenvalue weighted by Gasteiger charge is -2.33. The van der Waals surface area contributed by atoms with Crippen molar-refractivity contribution in [3.8, 4) is 5.75 Å². The molecule has 1 atom stereocenters. The average Bonchev–Trinajstić information content (AvgIpc) is 2.93. The summed E-state index contributed by atoms with van der Waals surface area (Å²) in [7, 11) is -2.66. The van der Waals surface area contributed by atoms with Gasteiger partial charge in [0.25, 0.3) is 10.0 Å². The predicted octanol–water partition coefficient (Wildman–Crippen LogP) is 5.84. The van der Waals surface area contributed by atoms with Gasteiger partial charge in [0.1, 0.15) is 18.3 Å². The van der Waals surface area contributed by atoms with Gasteiger partial charge in [-0.25, -0.2) is 8.42 Å². The Morgan fingerprint density at radius 3 is 2.12 bits per heavy atom. The summed E-state index contributed by atoms with van der Waals surface area (Å²) in [5, 5.41) is 3.26. The monoisotopic (exact) mass is 619 g/mol. The van der Waals surface area contributed by atoms with Gasteiger partial charge in [-0.1, -0.05) is 60.0 Å². The van der Waals surface area contributed by atoms with Crippen LogP contribution in [0.2, 0.25) is 10.0 Å². The van der Waals surface area contributed by atoms with Crippen LogP contribution in [0.3, 0.4) is 0 Å². The standard InChI is InChI=1S/C30H35Cl2N3O5S/c1-6-28(30(37)33-20(2)3)34(18-22-9-12-24(40-5)13-10-22)29(36)19-35(23-11-16-26(31)27(32)17-23)41(38,39)25-14-7-21(4)8-15-25/h7-17,20,28H,6,18-19H2,1-5H3,(H,33,37)/t28-/m1/s1. The van der Waals surface area contributed by atoms with Crippen molar-refractivity contribution >= 4 is 50.7 Å². The zero-order valence-electron chi connectivity index (χ0n) is 23.7. The van der Waals surface area contributed by atoms with Crippen LogP contribution in [0.5, 0.6) is 5.75 Å². The highest BCUT2D eigenvalue weighted by molar-refractivity contribution is 7.92. The number of methoxy groups -OCH3 is 1. The number of hydrogen-bond acceptors (Lipinski definition) is 5. The SMILES string of the molecule is CC[C@H](C(=O)NC(C)C)N(Cc1ccc(OC)cc1)C(=O)CN(c1ccc(Cl)c(Cl)c1)S(=O)(=O)c1ccc(C)cc1. The van der Waals surface area contributed by atoms with Gasteiger partial charge in [-0.2, -0.15) is 0 Å². The maximum atomic E-state index is 14.1. The van der Waals surface area contributed by atoms with Gasteiger partial charge in [-0.3, -0.25) is 13.9 Å². The summed E-state index contributed by atoms with van der Waals surface area (Å²) in [6.07, 6.45) is 0.317. The van der Waals surface area contributed by atoms with Gasteiger partial charge in [0.05, 0.1) is 27.7 Å². The summed E-state index contributed by atoms with van der Waals surface area (Å²) in [6, 6.07) is 16.8. The Morgan fingerprint density at radius 2 is 1.59 bits per heavy atom. The van der Waals surface area contributed by atoms with Crippen LogP contribution in [-0.4, -0.2) is 50.9 Å². The Bertz CT molecular complexity index is 1460. The lowest BCUT2D eigenvalue weighted by molar-refractivity contribution is -0.140. The van der Waals surface area contributed by atoms with Crippen molar-refractivity contribution in [3.63, 3.8) is 0 Å². The number of nitrogens with zero attached hydrogens (tertiary/aromatic N) is 2. The van der Waals surface area contributed by atoms with E-state index in [1.807, 2.05) is 20.8 Å². The van der Waals surface area contributed by atoms with Crippen LogP contribution in [0, 0.1) is 6.92 Å². The quantitative estimate of drug-likeness (QED) is 0.275. The maximum Gasteiger partial charge on any atom is 0.264 e. The minimum atomic E-state index is -4.22. The molecule has 0 fully saturated rings. The highest BCUT2D eigenvalue weighted by atomic mass is 35.5. The fourth-order valence-corrected chi connectivity index (χ4v) is 5.93. The number of halogens is 2. The number of ether oxygens (including phenoxy) is 1. The zero-order valence-corrected chi connectivity index (χ0v) is 26.1. The van der Waals surface area contributed by atoms with E-state index < -0.39 is 28.5 Å². The first-order chi connectivity index (χ1) is 19.4. The summed E-state index contributed by atoms with van der Waals surface area (Å²) in [5.74, 6) is -0.244. The fraction of sp³-hybridized carbons (Fsp3) is 0.333. The number of hydrogen-bond donors (Lipinski definition) is 1. The third-order valence-electron chi connectivity index (χ3n) is 6.41. The number of carbonyl (C=O) groups excluding carboxylic acids is 2. The number of carbonyl (C=O) groups is 2. The lowest BCUT2D eigenvalue weighted by atomic mass is 10.1. The molecular weight excluding hydrogens is 585 g/mol. The predicted molar refractivity (Wildman–Crippen MR) is 163 cm³/mol. The molecule has 3 rings (SSSR count). The lowest BCUT2D eigenvalue weighted by Crippen LogP contribution is -2.53. The summed E-state index contributed by atoms with van der Waals surface area (Å²) in [6.45, 7) is 6.82. The van der Waals surface area contributed by atoms with Crippen LogP contribution in [0.4, 0.5) is 5.69 Å². The largest absolute Gasteiger partial charge is 0.497 e. The van der Waals surface area contributed by atoms with E-state index in [9.17, 15) is 18.0 Å². The molecule has 0 saturated carbocycles. The minimum absolute atomic E-state index is 0.00766. The number of anilines is 1. The molecule has 1 N–H and O–H groups in total. The third kappa shape index (κ3) is 8.15. The van der Waals surface area contributed by atoms with Gasteiger partial charge in [0.15, 0.2) is 0 Å². The molecule has 3 aromatic carbocycles. The van der Waals surface area contributed by atoms with Crippen molar-refractivity contribution in [1.29, 1.82) is 0 Å².